The predicted octanol–water partition coefficient (Wildman–Crippen LogP) is 7.62. The molecule has 2 heterocycles. The minimum atomic E-state index is 0. The maximum absolute atomic E-state index is 9.04. The largest absolute Gasteiger partial charge is 0.356 e. The highest BCUT2D eigenvalue weighted by Crippen LogP contribution is 2.30. The molecule has 1 aromatic heterocycles. The molecule has 0 N–H and O–H groups in total. The molecule has 3 aromatic carbocycles. The Labute approximate surface area is 250 Å². The van der Waals surface area contributed by atoms with Crippen molar-refractivity contribution in [1.29, 1.82) is 5.26 Å². The third-order valence-corrected chi connectivity index (χ3v) is 7.57. The van der Waals surface area contributed by atoms with E-state index in [4.69, 9.17) is 9.78 Å². The van der Waals surface area contributed by atoms with Gasteiger partial charge in [-0.15, -0.1) is 24.8 Å². The monoisotopic (exact) mass is 576 g/mol. The molecule has 1 aliphatic heterocycles. The highest BCUT2D eigenvalue weighted by Gasteiger charge is 2.21. The van der Waals surface area contributed by atoms with Crippen molar-refractivity contribution in [3.05, 3.63) is 100 Å². The molecule has 0 saturated carbocycles. The van der Waals surface area contributed by atoms with Crippen molar-refractivity contribution in [2.75, 3.05) is 27.2 Å². The van der Waals surface area contributed by atoms with Gasteiger partial charge in [-0.1, -0.05) is 65.8 Å². The zero-order valence-electron chi connectivity index (χ0n) is 23.3. The Morgan fingerprint density at radius 2 is 1.70 bits per heavy atom. The third-order valence-electron chi connectivity index (χ3n) is 7.57. The van der Waals surface area contributed by atoms with Crippen molar-refractivity contribution in [1.82, 2.24) is 15.0 Å². The van der Waals surface area contributed by atoms with Gasteiger partial charge in [-0.05, 0) is 93.7 Å². The Morgan fingerprint density at radius 1 is 0.975 bits per heavy atom. The second-order valence-electron chi connectivity index (χ2n) is 10.7. The number of aromatic nitrogens is 1. The van der Waals surface area contributed by atoms with E-state index < -0.39 is 0 Å². The van der Waals surface area contributed by atoms with Crippen molar-refractivity contribution < 1.29 is 4.52 Å². The first-order chi connectivity index (χ1) is 18.6. The summed E-state index contributed by atoms with van der Waals surface area (Å²) in [4.78, 5) is 4.75. The second-order valence-corrected chi connectivity index (χ2v) is 10.7. The van der Waals surface area contributed by atoms with E-state index in [1.165, 1.54) is 31.5 Å². The average molecular weight is 578 g/mol. The van der Waals surface area contributed by atoms with Crippen LogP contribution in [0, 0.1) is 17.2 Å². The Bertz CT molecular complexity index is 1420. The van der Waals surface area contributed by atoms with Gasteiger partial charge in [-0.25, -0.2) is 0 Å². The third kappa shape index (κ3) is 7.96. The van der Waals surface area contributed by atoms with Gasteiger partial charge < -0.3 is 9.42 Å². The average Bonchev–Trinajstić information content (AvgIpc) is 3.36. The van der Waals surface area contributed by atoms with Crippen molar-refractivity contribution in [2.24, 2.45) is 5.92 Å². The molecule has 0 atom stereocenters. The number of hydrogen-bond donors (Lipinski definition) is 0. The zero-order valence-corrected chi connectivity index (χ0v) is 24.9. The zero-order chi connectivity index (χ0) is 26.3. The summed E-state index contributed by atoms with van der Waals surface area (Å²) in [7, 11) is 4.16. The van der Waals surface area contributed by atoms with Gasteiger partial charge in [0.2, 0.25) is 0 Å². The topological polar surface area (TPSA) is 56.3 Å². The molecule has 0 aliphatic carbocycles. The number of nitrogens with zero attached hydrogens (tertiary/aromatic N) is 4. The Morgan fingerprint density at radius 3 is 2.38 bits per heavy atom. The number of benzene rings is 3. The van der Waals surface area contributed by atoms with Gasteiger partial charge in [0, 0.05) is 24.0 Å². The molecule has 0 amide bonds. The van der Waals surface area contributed by atoms with Crippen LogP contribution in [0.5, 0.6) is 0 Å². The molecule has 1 aliphatic rings. The molecule has 1 fully saturated rings. The summed E-state index contributed by atoms with van der Waals surface area (Å²) in [5.74, 6) is 0.740. The van der Waals surface area contributed by atoms with E-state index >= 15 is 0 Å². The van der Waals surface area contributed by atoms with Crippen LogP contribution in [0.4, 0.5) is 0 Å². The molecule has 5 rings (SSSR count). The summed E-state index contributed by atoms with van der Waals surface area (Å²) in [6.45, 7) is 4.17. The van der Waals surface area contributed by atoms with Gasteiger partial charge in [0.15, 0.2) is 5.58 Å². The summed E-state index contributed by atoms with van der Waals surface area (Å²) < 4.78 is 5.97. The number of nitriles is 1. The summed E-state index contributed by atoms with van der Waals surface area (Å²) in [5.41, 5.74) is 7.40. The van der Waals surface area contributed by atoms with Crippen molar-refractivity contribution in [3.8, 4) is 6.07 Å². The lowest BCUT2D eigenvalue weighted by Gasteiger charge is -2.31. The maximum atomic E-state index is 9.04. The quantitative estimate of drug-likeness (QED) is 0.192. The molecular formula is C33H38Cl2N4O. The van der Waals surface area contributed by atoms with Crippen LogP contribution in [0.25, 0.3) is 23.1 Å². The molecule has 0 bridgehead atoms. The molecular weight excluding hydrogens is 539 g/mol. The van der Waals surface area contributed by atoms with E-state index in [1.807, 2.05) is 24.3 Å². The molecule has 210 valence electrons. The summed E-state index contributed by atoms with van der Waals surface area (Å²) in [6.07, 6.45) is 8.83. The Kier molecular flexibility index (Phi) is 11.8. The standard InChI is InChI=1S/C33H36N4O.2ClH/c1-36(2)24-31-29(14-12-25-8-10-27(22-34)11-9-25)15-16-30-32(35-38-33(30)31)17-13-26-18-20-37(21-19-26)23-28-6-4-3-5-7-28;;/h3-12,14-16,26H,13,17-21,23-24H2,1-2H3;2*1H/b14-12-;;. The molecule has 0 radical (unpaired) electrons. The Hall–Kier alpha value is -3.14. The van der Waals surface area contributed by atoms with Crippen LogP contribution in [0.2, 0.25) is 0 Å². The molecule has 4 aromatic rings. The van der Waals surface area contributed by atoms with Crippen molar-refractivity contribution in [2.45, 2.75) is 38.8 Å². The number of aryl methyl sites for hydroxylation is 1. The van der Waals surface area contributed by atoms with E-state index in [1.54, 1.807) is 0 Å². The predicted molar refractivity (Wildman–Crippen MR) is 169 cm³/mol. The summed E-state index contributed by atoms with van der Waals surface area (Å²) in [6, 6.07) is 24.9. The molecule has 5 nitrogen and oxygen atoms in total. The maximum Gasteiger partial charge on any atom is 0.172 e. The second kappa shape index (κ2) is 15.0. The fourth-order valence-electron chi connectivity index (χ4n) is 5.41. The number of halogens is 2. The number of piperidine rings is 1. The normalized spacial score (nSPS) is 14.2. The highest BCUT2D eigenvalue weighted by atomic mass is 35.5. The number of likely N-dealkylation sites (tertiary alicyclic amines) is 1. The highest BCUT2D eigenvalue weighted by molar-refractivity contribution is 5.87. The fraction of sp³-hybridized carbons (Fsp3) is 0.333. The lowest BCUT2D eigenvalue weighted by atomic mass is 9.90. The van der Waals surface area contributed by atoms with Crippen LogP contribution >= 0.6 is 24.8 Å². The number of fused-ring (bicyclic) bond motifs is 1. The first kappa shape index (κ1) is 31.4. The van der Waals surface area contributed by atoms with Crippen LogP contribution in [0.15, 0.2) is 71.3 Å². The van der Waals surface area contributed by atoms with E-state index in [2.05, 4.69) is 89.7 Å². The number of hydrogen-bond acceptors (Lipinski definition) is 5. The lowest BCUT2D eigenvalue weighted by molar-refractivity contribution is 0.172. The van der Waals surface area contributed by atoms with Gasteiger partial charge >= 0.3 is 0 Å². The fourth-order valence-corrected chi connectivity index (χ4v) is 5.41. The van der Waals surface area contributed by atoms with Gasteiger partial charge in [0.1, 0.15) is 0 Å². The van der Waals surface area contributed by atoms with E-state index in [0.29, 0.717) is 5.56 Å². The molecule has 1 saturated heterocycles. The lowest BCUT2D eigenvalue weighted by Crippen LogP contribution is -2.33. The van der Waals surface area contributed by atoms with Crippen LogP contribution in [-0.4, -0.2) is 42.1 Å². The van der Waals surface area contributed by atoms with Gasteiger partial charge in [0.05, 0.1) is 17.3 Å². The van der Waals surface area contributed by atoms with E-state index in [0.717, 1.165) is 65.2 Å². The van der Waals surface area contributed by atoms with Gasteiger partial charge in [-0.2, -0.15) is 5.26 Å². The van der Waals surface area contributed by atoms with Crippen LogP contribution in [-0.2, 0) is 19.5 Å². The molecule has 0 unspecified atom stereocenters. The SMILES string of the molecule is CN(C)Cc1c(/C=C\c2ccc(C#N)cc2)ccc2c(CCC3CCN(Cc4ccccc4)CC3)noc12.Cl.Cl. The van der Waals surface area contributed by atoms with Crippen molar-refractivity contribution >= 4 is 47.9 Å². The van der Waals surface area contributed by atoms with Gasteiger partial charge in [0.25, 0.3) is 0 Å². The Balaban J connectivity index is 0.00000220. The minimum Gasteiger partial charge on any atom is -0.356 e. The van der Waals surface area contributed by atoms with Crippen LogP contribution in [0.1, 0.15) is 52.8 Å². The van der Waals surface area contributed by atoms with Crippen LogP contribution in [0.3, 0.4) is 0 Å². The smallest absolute Gasteiger partial charge is 0.172 e. The van der Waals surface area contributed by atoms with E-state index in [9.17, 15) is 0 Å². The summed E-state index contributed by atoms with van der Waals surface area (Å²) >= 11 is 0. The van der Waals surface area contributed by atoms with E-state index in [-0.39, 0.29) is 24.8 Å². The first-order valence-corrected chi connectivity index (χ1v) is 13.6. The summed E-state index contributed by atoms with van der Waals surface area (Å²) in [5, 5.41) is 14.7. The van der Waals surface area contributed by atoms with Crippen molar-refractivity contribution in [3.63, 3.8) is 0 Å². The number of rotatable bonds is 9. The first-order valence-electron chi connectivity index (χ1n) is 13.6. The molecule has 7 heteroatoms. The molecule has 40 heavy (non-hydrogen) atoms. The minimum absolute atomic E-state index is 0. The van der Waals surface area contributed by atoms with Gasteiger partial charge in [-0.3, -0.25) is 4.90 Å². The molecule has 0 spiro atoms. The van der Waals surface area contributed by atoms with Crippen LogP contribution < -0.4 is 0 Å².